The molecule has 162 valence electrons. The lowest BCUT2D eigenvalue weighted by Crippen LogP contribution is -2.52. The van der Waals surface area contributed by atoms with E-state index in [4.69, 9.17) is 4.74 Å². The van der Waals surface area contributed by atoms with Crippen molar-refractivity contribution in [1.82, 2.24) is 19.9 Å². The summed E-state index contributed by atoms with van der Waals surface area (Å²) in [5.41, 5.74) is 1.02. The summed E-state index contributed by atoms with van der Waals surface area (Å²) >= 11 is 0. The average molecular weight is 427 g/mol. The van der Waals surface area contributed by atoms with Crippen LogP contribution in [0.15, 0.2) is 24.7 Å². The molecule has 0 spiro atoms. The topological polar surface area (TPSA) is 92.8 Å². The number of ether oxygens (including phenoxy) is 1. The second kappa shape index (κ2) is 7.86. The summed E-state index contributed by atoms with van der Waals surface area (Å²) in [6, 6.07) is 1.09. The zero-order chi connectivity index (χ0) is 21.5. The second-order valence-corrected chi connectivity index (χ2v) is 8.27. The van der Waals surface area contributed by atoms with E-state index in [-0.39, 0.29) is 41.4 Å². The van der Waals surface area contributed by atoms with Gasteiger partial charge in [0.25, 0.3) is 0 Å². The minimum absolute atomic E-state index is 0.0376. The predicted molar refractivity (Wildman–Crippen MR) is 110 cm³/mol. The highest BCUT2D eigenvalue weighted by atomic mass is 19.1. The largest absolute Gasteiger partial charge is 0.466 e. The van der Waals surface area contributed by atoms with E-state index in [9.17, 15) is 13.6 Å². The number of aromatic amines is 1. The molecule has 2 N–H and O–H groups in total. The van der Waals surface area contributed by atoms with Crippen LogP contribution in [0, 0.1) is 29.4 Å². The van der Waals surface area contributed by atoms with Crippen LogP contribution in [0.3, 0.4) is 0 Å². The number of rotatable bonds is 5. The summed E-state index contributed by atoms with van der Waals surface area (Å²) in [5.74, 6) is -0.871. The van der Waals surface area contributed by atoms with Gasteiger partial charge in [-0.1, -0.05) is 0 Å². The van der Waals surface area contributed by atoms with Gasteiger partial charge in [-0.2, -0.15) is 0 Å². The minimum Gasteiger partial charge on any atom is -0.466 e. The van der Waals surface area contributed by atoms with Crippen molar-refractivity contribution < 1.29 is 18.3 Å². The van der Waals surface area contributed by atoms with E-state index >= 15 is 0 Å². The maximum Gasteiger partial charge on any atom is 0.311 e. The third-order valence-corrected chi connectivity index (χ3v) is 6.56. The average Bonchev–Trinajstić information content (AvgIpc) is 3.19. The first-order valence-electron chi connectivity index (χ1n) is 10.6. The Labute approximate surface area is 177 Å². The Hall–Kier alpha value is -3.10. The highest BCUT2D eigenvalue weighted by molar-refractivity contribution is 5.91. The lowest BCUT2D eigenvalue weighted by atomic mass is 9.61. The van der Waals surface area contributed by atoms with Gasteiger partial charge in [-0.05, 0) is 50.5 Å². The maximum atomic E-state index is 14.7. The van der Waals surface area contributed by atoms with Crippen molar-refractivity contribution in [1.29, 1.82) is 0 Å². The van der Waals surface area contributed by atoms with Crippen molar-refractivity contribution in [3.8, 4) is 11.4 Å². The van der Waals surface area contributed by atoms with Gasteiger partial charge in [0, 0.05) is 23.2 Å². The predicted octanol–water partition coefficient (Wildman–Crippen LogP) is 4.08. The molecule has 7 nitrogen and oxygen atoms in total. The molecule has 31 heavy (non-hydrogen) atoms. The van der Waals surface area contributed by atoms with Gasteiger partial charge in [-0.15, -0.1) is 0 Å². The summed E-state index contributed by atoms with van der Waals surface area (Å²) in [5, 5.41) is 3.72. The molecule has 0 radical (unpaired) electrons. The van der Waals surface area contributed by atoms with Crippen LogP contribution in [0.2, 0.25) is 0 Å². The van der Waals surface area contributed by atoms with Crippen molar-refractivity contribution in [3.05, 3.63) is 36.3 Å². The molecule has 3 aliphatic rings. The lowest BCUT2D eigenvalue weighted by molar-refractivity contribution is -0.154. The van der Waals surface area contributed by atoms with Gasteiger partial charge in [0.05, 0.1) is 24.9 Å². The second-order valence-electron chi connectivity index (χ2n) is 8.27. The van der Waals surface area contributed by atoms with Gasteiger partial charge in [0.1, 0.15) is 11.5 Å². The molecule has 3 saturated carbocycles. The lowest BCUT2D eigenvalue weighted by Gasteiger charge is -2.47. The molecule has 3 aromatic rings. The molecular weight excluding hydrogens is 404 g/mol. The number of H-pyrrole nitrogens is 1. The van der Waals surface area contributed by atoms with E-state index < -0.39 is 11.6 Å². The molecule has 0 aliphatic heterocycles. The van der Waals surface area contributed by atoms with Crippen LogP contribution < -0.4 is 5.32 Å². The van der Waals surface area contributed by atoms with E-state index in [0.717, 1.165) is 38.1 Å². The van der Waals surface area contributed by atoms with E-state index in [1.165, 1.54) is 6.07 Å². The normalized spacial score (nSPS) is 25.0. The molecular formula is C22H23F2N5O2. The highest BCUT2D eigenvalue weighted by Gasteiger charge is 2.48. The summed E-state index contributed by atoms with van der Waals surface area (Å²) < 4.78 is 33.7. The highest BCUT2D eigenvalue weighted by Crippen LogP contribution is 2.46. The van der Waals surface area contributed by atoms with Crippen LogP contribution in [0.1, 0.15) is 32.6 Å². The van der Waals surface area contributed by atoms with Crippen LogP contribution >= 0.6 is 0 Å². The third kappa shape index (κ3) is 3.51. The van der Waals surface area contributed by atoms with E-state index in [1.807, 2.05) is 0 Å². The molecule has 9 heteroatoms. The number of pyridine rings is 1. The molecule has 3 aromatic heterocycles. The maximum absolute atomic E-state index is 14.7. The fourth-order valence-corrected chi connectivity index (χ4v) is 5.15. The monoisotopic (exact) mass is 427 g/mol. The first-order chi connectivity index (χ1) is 15.0. The third-order valence-electron chi connectivity index (χ3n) is 6.56. The van der Waals surface area contributed by atoms with Gasteiger partial charge >= 0.3 is 5.97 Å². The molecule has 3 fully saturated rings. The summed E-state index contributed by atoms with van der Waals surface area (Å²) in [6.45, 7) is 2.10. The van der Waals surface area contributed by atoms with E-state index in [1.54, 1.807) is 13.1 Å². The van der Waals surface area contributed by atoms with Gasteiger partial charge in [0.2, 0.25) is 0 Å². The number of hydrogen-bond donors (Lipinski definition) is 2. The van der Waals surface area contributed by atoms with Gasteiger partial charge in [-0.3, -0.25) is 4.79 Å². The molecule has 2 atom stereocenters. The first kappa shape index (κ1) is 19.8. The number of anilines is 1. The molecule has 0 unspecified atom stereocenters. The molecule has 0 saturated heterocycles. The van der Waals surface area contributed by atoms with Crippen molar-refractivity contribution >= 4 is 22.8 Å². The number of carbonyl (C=O) groups is 1. The van der Waals surface area contributed by atoms with Gasteiger partial charge in [0.15, 0.2) is 17.5 Å². The number of carbonyl (C=O) groups excluding carboxylic acids is 1. The Bertz CT molecular complexity index is 1130. The Kier molecular flexibility index (Phi) is 5.03. The van der Waals surface area contributed by atoms with Crippen LogP contribution in [0.5, 0.6) is 0 Å². The molecule has 6 rings (SSSR count). The van der Waals surface area contributed by atoms with Crippen molar-refractivity contribution in [2.24, 2.45) is 17.8 Å². The van der Waals surface area contributed by atoms with Crippen LogP contribution in [0.25, 0.3) is 22.4 Å². The zero-order valence-corrected chi connectivity index (χ0v) is 17.1. The Morgan fingerprint density at radius 3 is 2.74 bits per heavy atom. The summed E-state index contributed by atoms with van der Waals surface area (Å²) in [7, 11) is 0. The van der Waals surface area contributed by atoms with Gasteiger partial charge in [-0.25, -0.2) is 23.7 Å². The number of nitrogens with zero attached hydrogens (tertiary/aromatic N) is 3. The fourth-order valence-electron chi connectivity index (χ4n) is 5.15. The van der Waals surface area contributed by atoms with Crippen LogP contribution in [0.4, 0.5) is 14.6 Å². The molecule has 0 amide bonds. The Morgan fingerprint density at radius 1 is 1.19 bits per heavy atom. The number of aromatic nitrogens is 4. The number of hydrogen-bond acceptors (Lipinski definition) is 6. The number of nitrogens with one attached hydrogen (secondary N) is 2. The number of halogens is 2. The van der Waals surface area contributed by atoms with Gasteiger partial charge < -0.3 is 15.0 Å². The fraction of sp³-hybridized carbons (Fsp3) is 0.455. The van der Waals surface area contributed by atoms with Crippen LogP contribution in [-0.4, -0.2) is 38.6 Å². The molecule has 2 bridgehead atoms. The number of esters is 1. The zero-order valence-electron chi connectivity index (χ0n) is 17.1. The summed E-state index contributed by atoms with van der Waals surface area (Å²) in [4.78, 5) is 28.1. The molecule has 3 aliphatic carbocycles. The quantitative estimate of drug-likeness (QED) is 0.596. The van der Waals surface area contributed by atoms with E-state index in [0.29, 0.717) is 23.2 Å². The number of fused-ring (bicyclic) bond motifs is 4. The first-order valence-corrected chi connectivity index (χ1v) is 10.6. The van der Waals surface area contributed by atoms with Crippen LogP contribution in [-0.2, 0) is 9.53 Å². The summed E-state index contributed by atoms with van der Waals surface area (Å²) in [6.07, 6.45) is 7.79. The molecule has 0 aromatic carbocycles. The smallest absolute Gasteiger partial charge is 0.311 e. The Balaban J connectivity index is 1.49. The van der Waals surface area contributed by atoms with Crippen molar-refractivity contribution in [2.75, 3.05) is 11.9 Å². The standard InChI is InChI=1S/C22H23F2N5O2/c1-2-31-22(30)17-11-3-5-12(6-4-11)18(17)28-21-16(24)10-27-20(29-21)15-9-26-19-14(15)7-13(23)8-25-19/h7-12,17-18H,2-6H2,1H3,(H,25,26)(H,27,28,29)/t11?,12?,17-,18-/m0/s1. The SMILES string of the molecule is CCOC(=O)[C@H]1C2CCC(CC2)[C@@H]1Nc1nc(-c2c[nH]c3ncc(F)cc23)ncc1F. The minimum atomic E-state index is -0.600. The Morgan fingerprint density at radius 2 is 1.97 bits per heavy atom. The molecule has 3 heterocycles. The van der Waals surface area contributed by atoms with Crippen molar-refractivity contribution in [3.63, 3.8) is 0 Å². The van der Waals surface area contributed by atoms with E-state index in [2.05, 4.69) is 25.3 Å². The van der Waals surface area contributed by atoms with Crippen molar-refractivity contribution in [2.45, 2.75) is 38.6 Å².